The van der Waals surface area contributed by atoms with Crippen LogP contribution in [0.5, 0.6) is 0 Å². The standard InChI is InChI=1S/C12H12ClNO4S2/c1-7(12(15)16)14(2)20(17,18)11-6-19-10-4-3-8(13)5-9(10)11/h3-7H,1-2H3,(H,15,16). The van der Waals surface area contributed by atoms with Crippen molar-refractivity contribution in [3.05, 3.63) is 28.6 Å². The van der Waals surface area contributed by atoms with Crippen LogP contribution in [0.25, 0.3) is 10.1 Å². The van der Waals surface area contributed by atoms with Gasteiger partial charge in [0.25, 0.3) is 0 Å². The Balaban J connectivity index is 2.57. The van der Waals surface area contributed by atoms with Crippen LogP contribution in [0.4, 0.5) is 0 Å². The number of hydrogen-bond donors (Lipinski definition) is 1. The molecule has 0 spiro atoms. The quantitative estimate of drug-likeness (QED) is 0.933. The SMILES string of the molecule is CC(C(=O)O)N(C)S(=O)(=O)c1csc2ccc(Cl)cc12. The summed E-state index contributed by atoms with van der Waals surface area (Å²) in [6.45, 7) is 1.32. The highest BCUT2D eigenvalue weighted by atomic mass is 35.5. The molecule has 8 heteroatoms. The van der Waals surface area contributed by atoms with E-state index in [1.165, 1.54) is 30.7 Å². The minimum absolute atomic E-state index is 0.0793. The van der Waals surface area contributed by atoms with Crippen LogP contribution in [0, 0.1) is 0 Å². The third-order valence-electron chi connectivity index (χ3n) is 3.06. The molecule has 1 aromatic carbocycles. The third kappa shape index (κ3) is 2.54. The molecule has 2 rings (SSSR count). The molecule has 0 amide bonds. The normalized spacial score (nSPS) is 13.8. The molecule has 108 valence electrons. The number of sulfonamides is 1. The fraction of sp³-hybridized carbons (Fsp3) is 0.250. The summed E-state index contributed by atoms with van der Waals surface area (Å²) in [5.74, 6) is -1.20. The monoisotopic (exact) mass is 333 g/mol. The van der Waals surface area contributed by atoms with Crippen LogP contribution in [0.15, 0.2) is 28.5 Å². The van der Waals surface area contributed by atoms with Crippen molar-refractivity contribution in [3.8, 4) is 0 Å². The highest BCUT2D eigenvalue weighted by Crippen LogP contribution is 2.33. The van der Waals surface area contributed by atoms with E-state index in [-0.39, 0.29) is 4.90 Å². The summed E-state index contributed by atoms with van der Waals surface area (Å²) in [5.41, 5.74) is 0. The predicted octanol–water partition coefficient (Wildman–Crippen LogP) is 2.65. The van der Waals surface area contributed by atoms with E-state index in [9.17, 15) is 13.2 Å². The van der Waals surface area contributed by atoms with Gasteiger partial charge in [0.15, 0.2) is 0 Å². The van der Waals surface area contributed by atoms with Crippen molar-refractivity contribution in [2.24, 2.45) is 0 Å². The lowest BCUT2D eigenvalue weighted by molar-refractivity contribution is -0.140. The summed E-state index contributed by atoms with van der Waals surface area (Å²) in [6, 6.07) is 3.84. The molecule has 20 heavy (non-hydrogen) atoms. The first kappa shape index (κ1) is 15.2. The number of aliphatic carboxylic acids is 1. The second-order valence-corrected chi connectivity index (χ2v) is 7.59. The second-order valence-electron chi connectivity index (χ2n) is 4.28. The third-order valence-corrected chi connectivity index (χ3v) is 6.38. The van der Waals surface area contributed by atoms with Gasteiger partial charge in [-0.1, -0.05) is 11.6 Å². The molecule has 1 aromatic heterocycles. The van der Waals surface area contributed by atoms with Gasteiger partial charge in [-0.2, -0.15) is 4.31 Å². The molecular weight excluding hydrogens is 322 g/mol. The van der Waals surface area contributed by atoms with E-state index in [0.29, 0.717) is 10.4 Å². The molecule has 0 bridgehead atoms. The van der Waals surface area contributed by atoms with Crippen LogP contribution in [0.2, 0.25) is 5.02 Å². The highest BCUT2D eigenvalue weighted by Gasteiger charge is 2.31. The van der Waals surface area contributed by atoms with Crippen LogP contribution in [-0.4, -0.2) is 36.9 Å². The molecule has 1 atom stereocenters. The summed E-state index contributed by atoms with van der Waals surface area (Å²) < 4.78 is 26.6. The van der Waals surface area contributed by atoms with Crippen molar-refractivity contribution in [1.29, 1.82) is 0 Å². The molecule has 0 fully saturated rings. The van der Waals surface area contributed by atoms with Crippen molar-refractivity contribution in [2.45, 2.75) is 17.9 Å². The van der Waals surface area contributed by atoms with Gasteiger partial charge in [-0.3, -0.25) is 4.79 Å². The Morgan fingerprint density at radius 1 is 1.45 bits per heavy atom. The molecule has 1 heterocycles. The lowest BCUT2D eigenvalue weighted by atomic mass is 10.3. The first-order valence-corrected chi connectivity index (χ1v) is 8.32. The zero-order chi connectivity index (χ0) is 15.1. The average Bonchev–Trinajstić information content (AvgIpc) is 2.80. The topological polar surface area (TPSA) is 74.7 Å². The van der Waals surface area contributed by atoms with Crippen LogP contribution in [-0.2, 0) is 14.8 Å². The Morgan fingerprint density at radius 3 is 2.70 bits per heavy atom. The fourth-order valence-corrected chi connectivity index (χ4v) is 4.63. The Bertz CT molecular complexity index is 769. The van der Waals surface area contributed by atoms with E-state index >= 15 is 0 Å². The van der Waals surface area contributed by atoms with Gasteiger partial charge in [0.05, 0.1) is 0 Å². The van der Waals surface area contributed by atoms with Crippen molar-refractivity contribution in [3.63, 3.8) is 0 Å². The number of carboxylic acids is 1. The number of thiophene rings is 1. The van der Waals surface area contributed by atoms with Gasteiger partial charge in [0.2, 0.25) is 10.0 Å². The zero-order valence-corrected chi connectivity index (χ0v) is 13.1. The Kier molecular flexibility index (Phi) is 4.06. The number of halogens is 1. The van der Waals surface area contributed by atoms with Crippen molar-refractivity contribution in [2.75, 3.05) is 7.05 Å². The van der Waals surface area contributed by atoms with Crippen LogP contribution < -0.4 is 0 Å². The maximum atomic E-state index is 12.5. The first-order chi connectivity index (χ1) is 9.25. The van der Waals surface area contributed by atoms with E-state index in [1.807, 2.05) is 0 Å². The summed E-state index contributed by atoms with van der Waals surface area (Å²) >= 11 is 7.17. The largest absolute Gasteiger partial charge is 0.480 e. The van der Waals surface area contributed by atoms with Gasteiger partial charge in [0.1, 0.15) is 10.9 Å². The van der Waals surface area contributed by atoms with Gasteiger partial charge in [-0.25, -0.2) is 8.42 Å². The van der Waals surface area contributed by atoms with Crippen LogP contribution in [0.3, 0.4) is 0 Å². The summed E-state index contributed by atoms with van der Waals surface area (Å²) in [5, 5.41) is 11.4. The average molecular weight is 334 g/mol. The minimum atomic E-state index is -3.88. The molecule has 0 saturated heterocycles. The summed E-state index contributed by atoms with van der Waals surface area (Å²) in [7, 11) is -2.63. The first-order valence-electron chi connectivity index (χ1n) is 5.62. The van der Waals surface area contributed by atoms with E-state index < -0.39 is 22.0 Å². The van der Waals surface area contributed by atoms with E-state index in [2.05, 4.69) is 0 Å². The number of rotatable bonds is 4. The summed E-state index contributed by atoms with van der Waals surface area (Å²) in [6.07, 6.45) is 0. The van der Waals surface area contributed by atoms with Crippen molar-refractivity contribution in [1.82, 2.24) is 4.31 Å². The number of benzene rings is 1. The number of nitrogens with zero attached hydrogens (tertiary/aromatic N) is 1. The Hall–Kier alpha value is -1.15. The lowest BCUT2D eigenvalue weighted by Gasteiger charge is -2.20. The Morgan fingerprint density at radius 2 is 2.10 bits per heavy atom. The number of fused-ring (bicyclic) bond motifs is 1. The maximum Gasteiger partial charge on any atom is 0.321 e. The second kappa shape index (κ2) is 5.33. The van der Waals surface area contributed by atoms with E-state index in [4.69, 9.17) is 16.7 Å². The molecule has 0 saturated carbocycles. The molecule has 0 aliphatic carbocycles. The highest BCUT2D eigenvalue weighted by molar-refractivity contribution is 7.89. The molecule has 1 N–H and O–H groups in total. The molecule has 0 aliphatic heterocycles. The van der Waals surface area contributed by atoms with Gasteiger partial charge < -0.3 is 5.11 Å². The molecular formula is C12H12ClNO4S2. The predicted molar refractivity (Wildman–Crippen MR) is 78.9 cm³/mol. The molecule has 2 aromatic rings. The fourth-order valence-electron chi connectivity index (χ4n) is 1.70. The van der Waals surface area contributed by atoms with E-state index in [0.717, 1.165) is 9.01 Å². The smallest absolute Gasteiger partial charge is 0.321 e. The molecule has 1 unspecified atom stereocenters. The number of likely N-dealkylation sites (N-methyl/N-ethyl adjacent to an activating group) is 1. The van der Waals surface area contributed by atoms with E-state index in [1.54, 1.807) is 18.2 Å². The van der Waals surface area contributed by atoms with Crippen LogP contribution in [0.1, 0.15) is 6.92 Å². The van der Waals surface area contributed by atoms with Crippen LogP contribution >= 0.6 is 22.9 Å². The molecule has 5 nitrogen and oxygen atoms in total. The molecule has 0 radical (unpaired) electrons. The van der Waals surface area contributed by atoms with Crippen molar-refractivity contribution < 1.29 is 18.3 Å². The summed E-state index contributed by atoms with van der Waals surface area (Å²) in [4.78, 5) is 11.0. The maximum absolute atomic E-state index is 12.5. The van der Waals surface area contributed by atoms with Gasteiger partial charge >= 0.3 is 5.97 Å². The van der Waals surface area contributed by atoms with Gasteiger partial charge in [0, 0.05) is 27.5 Å². The Labute approximate surface area is 125 Å². The zero-order valence-electron chi connectivity index (χ0n) is 10.7. The number of carboxylic acid groups (broad SMARTS) is 1. The number of hydrogen-bond acceptors (Lipinski definition) is 4. The van der Waals surface area contributed by atoms with Gasteiger partial charge in [-0.05, 0) is 25.1 Å². The molecule has 0 aliphatic rings. The number of carbonyl (C=O) groups is 1. The minimum Gasteiger partial charge on any atom is -0.480 e. The van der Waals surface area contributed by atoms with Gasteiger partial charge in [-0.15, -0.1) is 11.3 Å². The van der Waals surface area contributed by atoms with Crippen molar-refractivity contribution >= 4 is 49.0 Å². The lowest BCUT2D eigenvalue weighted by Crippen LogP contribution is -2.40.